The Bertz CT molecular complexity index is 360. The smallest absolute Gasteiger partial charge is 0.339 e. The monoisotopic (exact) mass is 192 g/mol. The van der Waals surface area contributed by atoms with Crippen LogP contribution < -0.4 is 5.73 Å². The first kappa shape index (κ1) is 8.31. The highest BCUT2D eigenvalue weighted by molar-refractivity contribution is 8.14. The summed E-state index contributed by atoms with van der Waals surface area (Å²) >= 11 is 1.51. The van der Waals surface area contributed by atoms with Crippen LogP contribution in [0.15, 0.2) is 34.2 Å². The minimum Gasteiger partial charge on any atom is -0.350 e. The average molecular weight is 192 g/mol. The lowest BCUT2D eigenvalue weighted by Gasteiger charge is -1.91. The molecule has 0 unspecified atom stereocenters. The highest BCUT2D eigenvalue weighted by Crippen LogP contribution is 2.32. The Kier molecular flexibility index (Phi) is 2.06. The summed E-state index contributed by atoms with van der Waals surface area (Å²) in [6.45, 7) is 0. The van der Waals surface area contributed by atoms with Gasteiger partial charge in [0, 0.05) is 11.3 Å². The van der Waals surface area contributed by atoms with Crippen molar-refractivity contribution in [3.8, 4) is 0 Å². The fourth-order valence-corrected chi connectivity index (χ4v) is 2.30. The summed E-state index contributed by atoms with van der Waals surface area (Å²) in [5.74, 6) is 0. The maximum atomic E-state index is 10.5. The van der Waals surface area contributed by atoms with Crippen molar-refractivity contribution in [1.82, 2.24) is 0 Å². The number of primary amides is 1. The van der Waals surface area contributed by atoms with Crippen LogP contribution in [-0.4, -0.2) is 11.1 Å². The molecule has 3 nitrogen and oxygen atoms in total. The normalized spacial score (nSPS) is 17.4. The van der Waals surface area contributed by atoms with Crippen LogP contribution in [0.25, 0.3) is 0 Å². The molecule has 1 aromatic carbocycles. The van der Waals surface area contributed by atoms with Crippen molar-refractivity contribution < 1.29 is 4.79 Å². The van der Waals surface area contributed by atoms with E-state index in [1.54, 1.807) is 0 Å². The van der Waals surface area contributed by atoms with Crippen molar-refractivity contribution >= 4 is 22.8 Å². The fraction of sp³-hybridized carbons (Fsp3) is 0.111. The molecule has 1 aromatic rings. The molecule has 2 amide bonds. The molecular formula is C9H8N2OS. The van der Waals surface area contributed by atoms with Gasteiger partial charge < -0.3 is 5.73 Å². The molecule has 0 atom stereocenters. The SMILES string of the molecule is NC(=O)N=C1Cc2ccccc2S1. The van der Waals surface area contributed by atoms with Gasteiger partial charge in [0.2, 0.25) is 0 Å². The van der Waals surface area contributed by atoms with Gasteiger partial charge in [0.1, 0.15) is 0 Å². The summed E-state index contributed by atoms with van der Waals surface area (Å²) in [5, 5.41) is 0.786. The third kappa shape index (κ3) is 1.72. The van der Waals surface area contributed by atoms with E-state index in [0.29, 0.717) is 0 Å². The van der Waals surface area contributed by atoms with Gasteiger partial charge in [-0.05, 0) is 11.6 Å². The zero-order chi connectivity index (χ0) is 9.26. The summed E-state index contributed by atoms with van der Waals surface area (Å²) in [5.41, 5.74) is 6.18. The van der Waals surface area contributed by atoms with E-state index in [0.717, 1.165) is 11.5 Å². The third-order valence-electron chi connectivity index (χ3n) is 1.78. The number of benzene rings is 1. The van der Waals surface area contributed by atoms with Crippen LogP contribution in [0.5, 0.6) is 0 Å². The standard InChI is InChI=1S/C9H8N2OS/c10-9(12)11-8-5-6-3-1-2-4-7(6)13-8/h1-4H,5H2,(H2,10,12). The van der Waals surface area contributed by atoms with E-state index in [-0.39, 0.29) is 0 Å². The molecule has 0 saturated carbocycles. The van der Waals surface area contributed by atoms with Gasteiger partial charge in [-0.25, -0.2) is 4.79 Å². The number of rotatable bonds is 0. The summed E-state index contributed by atoms with van der Waals surface area (Å²) in [6, 6.07) is 7.39. The molecule has 13 heavy (non-hydrogen) atoms. The molecule has 0 spiro atoms. The topological polar surface area (TPSA) is 55.5 Å². The van der Waals surface area contributed by atoms with Crippen molar-refractivity contribution in [2.75, 3.05) is 0 Å². The predicted molar refractivity (Wildman–Crippen MR) is 53.0 cm³/mol. The zero-order valence-electron chi connectivity index (χ0n) is 6.86. The molecule has 1 aliphatic rings. The summed E-state index contributed by atoms with van der Waals surface area (Å²) in [7, 11) is 0. The molecule has 1 heterocycles. The minimum atomic E-state index is -0.615. The second-order valence-electron chi connectivity index (χ2n) is 2.73. The van der Waals surface area contributed by atoms with Crippen LogP contribution in [0.2, 0.25) is 0 Å². The Balaban J connectivity index is 2.28. The maximum Gasteiger partial charge on any atom is 0.339 e. The highest BCUT2D eigenvalue weighted by atomic mass is 32.2. The third-order valence-corrected chi connectivity index (χ3v) is 2.87. The number of carbonyl (C=O) groups excluding carboxylic acids is 1. The number of nitrogens with zero attached hydrogens (tertiary/aromatic N) is 1. The van der Waals surface area contributed by atoms with Crippen molar-refractivity contribution in [1.29, 1.82) is 0 Å². The molecule has 0 aliphatic carbocycles. The van der Waals surface area contributed by atoms with E-state index >= 15 is 0 Å². The molecule has 2 N–H and O–H groups in total. The maximum absolute atomic E-state index is 10.5. The first-order valence-electron chi connectivity index (χ1n) is 3.88. The Morgan fingerprint density at radius 1 is 1.46 bits per heavy atom. The van der Waals surface area contributed by atoms with E-state index in [1.807, 2.05) is 24.3 Å². The summed E-state index contributed by atoms with van der Waals surface area (Å²) in [4.78, 5) is 15.4. The number of nitrogens with two attached hydrogens (primary N) is 1. The first-order valence-corrected chi connectivity index (χ1v) is 4.70. The Labute approximate surface area is 80.0 Å². The number of thioether (sulfide) groups is 1. The van der Waals surface area contributed by atoms with E-state index in [1.165, 1.54) is 22.2 Å². The van der Waals surface area contributed by atoms with Crippen molar-refractivity contribution in [3.63, 3.8) is 0 Å². The van der Waals surface area contributed by atoms with Crippen molar-refractivity contribution in [2.24, 2.45) is 10.7 Å². The lowest BCUT2D eigenvalue weighted by molar-refractivity contribution is 0.257. The van der Waals surface area contributed by atoms with Crippen LogP contribution in [0, 0.1) is 0 Å². The molecule has 0 fully saturated rings. The number of amides is 2. The Morgan fingerprint density at radius 2 is 2.23 bits per heavy atom. The quantitative estimate of drug-likeness (QED) is 0.681. The minimum absolute atomic E-state index is 0.615. The second kappa shape index (κ2) is 3.22. The highest BCUT2D eigenvalue weighted by Gasteiger charge is 2.17. The van der Waals surface area contributed by atoms with Gasteiger partial charge in [0.25, 0.3) is 0 Å². The van der Waals surface area contributed by atoms with Crippen LogP contribution in [0.1, 0.15) is 5.56 Å². The number of hydrogen-bond donors (Lipinski definition) is 1. The van der Waals surface area contributed by atoms with Gasteiger partial charge in [-0.2, -0.15) is 4.99 Å². The molecule has 0 bridgehead atoms. The lowest BCUT2D eigenvalue weighted by atomic mass is 10.2. The number of hydrogen-bond acceptors (Lipinski definition) is 2. The number of aliphatic imine (C=N–C) groups is 1. The Morgan fingerprint density at radius 3 is 2.92 bits per heavy atom. The van der Waals surface area contributed by atoms with Gasteiger partial charge in [0.15, 0.2) is 0 Å². The van der Waals surface area contributed by atoms with Gasteiger partial charge in [-0.1, -0.05) is 30.0 Å². The average Bonchev–Trinajstić information content (AvgIpc) is 2.44. The molecule has 0 saturated heterocycles. The molecular weight excluding hydrogens is 184 g/mol. The van der Waals surface area contributed by atoms with Gasteiger partial charge in [-0.3, -0.25) is 0 Å². The lowest BCUT2D eigenvalue weighted by Crippen LogP contribution is -2.07. The van der Waals surface area contributed by atoms with E-state index in [4.69, 9.17) is 5.73 Å². The zero-order valence-corrected chi connectivity index (χ0v) is 7.67. The van der Waals surface area contributed by atoms with Crippen LogP contribution in [0.4, 0.5) is 4.79 Å². The molecule has 4 heteroatoms. The Hall–Kier alpha value is -1.29. The first-order chi connectivity index (χ1) is 6.25. The molecule has 0 radical (unpaired) electrons. The second-order valence-corrected chi connectivity index (χ2v) is 3.85. The van der Waals surface area contributed by atoms with E-state index in [2.05, 4.69) is 4.99 Å². The van der Waals surface area contributed by atoms with E-state index in [9.17, 15) is 4.79 Å². The molecule has 66 valence electrons. The van der Waals surface area contributed by atoms with Gasteiger partial charge in [0.05, 0.1) is 5.04 Å². The van der Waals surface area contributed by atoms with Crippen molar-refractivity contribution in [3.05, 3.63) is 29.8 Å². The number of fused-ring (bicyclic) bond motifs is 1. The molecule has 2 rings (SSSR count). The van der Waals surface area contributed by atoms with E-state index < -0.39 is 6.03 Å². The predicted octanol–water partition coefficient (Wildman–Crippen LogP) is 1.81. The fourth-order valence-electron chi connectivity index (χ4n) is 1.26. The van der Waals surface area contributed by atoms with Gasteiger partial charge >= 0.3 is 6.03 Å². The molecule has 0 aromatic heterocycles. The summed E-state index contributed by atoms with van der Waals surface area (Å²) < 4.78 is 0. The largest absolute Gasteiger partial charge is 0.350 e. The summed E-state index contributed by atoms with van der Waals surface area (Å²) in [6.07, 6.45) is 0.726. The van der Waals surface area contributed by atoms with Crippen LogP contribution >= 0.6 is 11.8 Å². The van der Waals surface area contributed by atoms with Gasteiger partial charge in [-0.15, -0.1) is 0 Å². The number of carbonyl (C=O) groups is 1. The molecule has 1 aliphatic heterocycles. The van der Waals surface area contributed by atoms with Crippen LogP contribution in [0.3, 0.4) is 0 Å². The number of urea groups is 1. The van der Waals surface area contributed by atoms with Crippen molar-refractivity contribution in [2.45, 2.75) is 11.3 Å². The van der Waals surface area contributed by atoms with Crippen LogP contribution in [-0.2, 0) is 6.42 Å².